The minimum absolute atomic E-state index is 0.596. The molecule has 0 bridgehead atoms. The fraction of sp³-hybridized carbons (Fsp3) is 0.688. The van der Waals surface area contributed by atoms with Gasteiger partial charge in [0.1, 0.15) is 5.82 Å². The van der Waals surface area contributed by atoms with Crippen molar-refractivity contribution in [3.05, 3.63) is 23.9 Å². The molecule has 2 aliphatic heterocycles. The quantitative estimate of drug-likeness (QED) is 0.831. The van der Waals surface area contributed by atoms with Crippen molar-refractivity contribution in [3.8, 4) is 0 Å². The Balaban J connectivity index is 1.73. The smallest absolute Gasteiger partial charge is 0.128 e. The summed E-state index contributed by atoms with van der Waals surface area (Å²) in [6.45, 7) is 7.02. The first-order valence-corrected chi connectivity index (χ1v) is 7.83. The maximum Gasteiger partial charge on any atom is 0.128 e. The van der Waals surface area contributed by atoms with Gasteiger partial charge >= 0.3 is 0 Å². The molecule has 1 aromatic rings. The molecule has 2 fully saturated rings. The number of pyridine rings is 1. The summed E-state index contributed by atoms with van der Waals surface area (Å²) in [7, 11) is 0. The number of piperidine rings is 1. The van der Waals surface area contributed by atoms with Gasteiger partial charge in [0.05, 0.1) is 0 Å². The van der Waals surface area contributed by atoms with Crippen molar-refractivity contribution in [2.75, 3.05) is 31.1 Å². The molecule has 2 aliphatic rings. The molecule has 1 atom stereocenters. The fourth-order valence-corrected chi connectivity index (χ4v) is 3.47. The standard InChI is InChI=1S/C16H25N3/c1-2-18-10-4-3-7-15(18)14-8-9-16(17-13-14)19-11-5-6-12-19/h8-9,13,15H,2-7,10-12H2,1H3/t15-/m0/s1. The summed E-state index contributed by atoms with van der Waals surface area (Å²) in [6, 6.07) is 5.13. The number of hydrogen-bond acceptors (Lipinski definition) is 3. The Morgan fingerprint density at radius 3 is 2.58 bits per heavy atom. The van der Waals surface area contributed by atoms with Gasteiger partial charge < -0.3 is 4.90 Å². The van der Waals surface area contributed by atoms with Crippen molar-refractivity contribution in [2.45, 2.75) is 45.1 Å². The summed E-state index contributed by atoms with van der Waals surface area (Å²) in [5, 5.41) is 0. The average Bonchev–Trinajstić information content (AvgIpc) is 3.02. The number of likely N-dealkylation sites (tertiary alicyclic amines) is 1. The Morgan fingerprint density at radius 1 is 1.11 bits per heavy atom. The van der Waals surface area contributed by atoms with Gasteiger partial charge in [-0.1, -0.05) is 19.4 Å². The Hall–Kier alpha value is -1.09. The molecule has 0 aromatic carbocycles. The van der Waals surface area contributed by atoms with Gasteiger partial charge in [-0.15, -0.1) is 0 Å². The van der Waals surface area contributed by atoms with E-state index in [0.717, 1.165) is 6.54 Å². The molecule has 0 spiro atoms. The van der Waals surface area contributed by atoms with Gasteiger partial charge in [-0.05, 0) is 50.4 Å². The molecule has 19 heavy (non-hydrogen) atoms. The topological polar surface area (TPSA) is 19.4 Å². The van der Waals surface area contributed by atoms with Crippen molar-refractivity contribution in [3.63, 3.8) is 0 Å². The summed E-state index contributed by atoms with van der Waals surface area (Å²) in [4.78, 5) is 9.70. The summed E-state index contributed by atoms with van der Waals surface area (Å²) >= 11 is 0. The summed E-state index contributed by atoms with van der Waals surface area (Å²) < 4.78 is 0. The van der Waals surface area contributed by atoms with E-state index in [1.165, 1.54) is 63.1 Å². The second kappa shape index (κ2) is 5.91. The number of anilines is 1. The summed E-state index contributed by atoms with van der Waals surface area (Å²) in [6.07, 6.45) is 8.74. The molecule has 2 saturated heterocycles. The second-order valence-corrected chi connectivity index (χ2v) is 5.78. The van der Waals surface area contributed by atoms with Crippen LogP contribution < -0.4 is 4.90 Å². The highest BCUT2D eigenvalue weighted by Crippen LogP contribution is 2.31. The van der Waals surface area contributed by atoms with Crippen LogP contribution in [0.1, 0.15) is 50.6 Å². The number of hydrogen-bond donors (Lipinski definition) is 0. The SMILES string of the molecule is CCN1CCCC[C@H]1c1ccc(N2CCCC2)nc1. The summed E-state index contributed by atoms with van der Waals surface area (Å²) in [5.41, 5.74) is 1.41. The third kappa shape index (κ3) is 2.76. The first-order valence-electron chi connectivity index (χ1n) is 7.83. The Labute approximate surface area is 116 Å². The highest BCUT2D eigenvalue weighted by atomic mass is 15.2. The lowest BCUT2D eigenvalue weighted by atomic mass is 9.96. The van der Waals surface area contributed by atoms with Gasteiger partial charge in [0, 0.05) is 25.3 Å². The van der Waals surface area contributed by atoms with E-state index in [0.29, 0.717) is 6.04 Å². The maximum atomic E-state index is 4.70. The molecule has 0 amide bonds. The highest BCUT2D eigenvalue weighted by molar-refractivity contribution is 5.40. The molecule has 3 nitrogen and oxygen atoms in total. The zero-order chi connectivity index (χ0) is 13.1. The van der Waals surface area contributed by atoms with Crippen molar-refractivity contribution in [1.29, 1.82) is 0 Å². The van der Waals surface area contributed by atoms with Crippen LogP contribution in [0, 0.1) is 0 Å². The van der Waals surface area contributed by atoms with Crippen LogP contribution in [0.3, 0.4) is 0 Å². The molecule has 3 heteroatoms. The van der Waals surface area contributed by atoms with Crippen LogP contribution in [-0.4, -0.2) is 36.1 Å². The van der Waals surface area contributed by atoms with Crippen LogP contribution in [0.4, 0.5) is 5.82 Å². The van der Waals surface area contributed by atoms with Crippen LogP contribution in [-0.2, 0) is 0 Å². The minimum Gasteiger partial charge on any atom is -0.357 e. The lowest BCUT2D eigenvalue weighted by Crippen LogP contribution is -2.33. The zero-order valence-corrected chi connectivity index (χ0v) is 12.0. The van der Waals surface area contributed by atoms with Crippen molar-refractivity contribution >= 4 is 5.82 Å². The first kappa shape index (κ1) is 12.9. The zero-order valence-electron chi connectivity index (χ0n) is 12.0. The maximum absolute atomic E-state index is 4.70. The third-order valence-electron chi connectivity index (χ3n) is 4.61. The predicted octanol–water partition coefficient (Wildman–Crippen LogP) is 3.23. The molecule has 104 valence electrons. The second-order valence-electron chi connectivity index (χ2n) is 5.78. The first-order chi connectivity index (χ1) is 9.38. The highest BCUT2D eigenvalue weighted by Gasteiger charge is 2.23. The monoisotopic (exact) mass is 259 g/mol. The van der Waals surface area contributed by atoms with Crippen molar-refractivity contribution < 1.29 is 0 Å². The Bertz CT molecular complexity index is 395. The van der Waals surface area contributed by atoms with Crippen LogP contribution in [0.15, 0.2) is 18.3 Å². The van der Waals surface area contributed by atoms with E-state index in [1.54, 1.807) is 0 Å². The number of aromatic nitrogens is 1. The van der Waals surface area contributed by atoms with E-state index in [-0.39, 0.29) is 0 Å². The molecule has 0 unspecified atom stereocenters. The summed E-state index contributed by atoms with van der Waals surface area (Å²) in [5.74, 6) is 1.17. The van der Waals surface area contributed by atoms with Crippen molar-refractivity contribution in [2.24, 2.45) is 0 Å². The van der Waals surface area contributed by atoms with Crippen LogP contribution in [0.2, 0.25) is 0 Å². The van der Waals surface area contributed by atoms with Crippen LogP contribution in [0.25, 0.3) is 0 Å². The van der Waals surface area contributed by atoms with Crippen LogP contribution in [0.5, 0.6) is 0 Å². The Kier molecular flexibility index (Phi) is 4.02. The van der Waals surface area contributed by atoms with Gasteiger partial charge in [0.25, 0.3) is 0 Å². The molecule has 0 aliphatic carbocycles. The van der Waals surface area contributed by atoms with E-state index < -0.39 is 0 Å². The largest absolute Gasteiger partial charge is 0.357 e. The van der Waals surface area contributed by atoms with Crippen LogP contribution >= 0.6 is 0 Å². The molecule has 1 aromatic heterocycles. The van der Waals surface area contributed by atoms with Gasteiger partial charge in [0.15, 0.2) is 0 Å². The van der Waals surface area contributed by atoms with E-state index >= 15 is 0 Å². The van der Waals surface area contributed by atoms with E-state index in [2.05, 4.69) is 35.1 Å². The van der Waals surface area contributed by atoms with E-state index in [9.17, 15) is 0 Å². The van der Waals surface area contributed by atoms with E-state index in [4.69, 9.17) is 4.98 Å². The third-order valence-corrected chi connectivity index (χ3v) is 4.61. The minimum atomic E-state index is 0.596. The number of nitrogens with zero attached hydrogens (tertiary/aromatic N) is 3. The normalized spacial score (nSPS) is 24.9. The number of rotatable bonds is 3. The van der Waals surface area contributed by atoms with Gasteiger partial charge in [0.2, 0.25) is 0 Å². The molecule has 0 radical (unpaired) electrons. The predicted molar refractivity (Wildman–Crippen MR) is 79.5 cm³/mol. The molecular weight excluding hydrogens is 234 g/mol. The van der Waals surface area contributed by atoms with Crippen molar-refractivity contribution in [1.82, 2.24) is 9.88 Å². The lowest BCUT2D eigenvalue weighted by molar-refractivity contribution is 0.157. The lowest BCUT2D eigenvalue weighted by Gasteiger charge is -2.35. The molecule has 3 rings (SSSR count). The molecule has 3 heterocycles. The van der Waals surface area contributed by atoms with Gasteiger partial charge in [-0.3, -0.25) is 4.90 Å². The van der Waals surface area contributed by atoms with Gasteiger partial charge in [-0.25, -0.2) is 4.98 Å². The molecule has 0 saturated carbocycles. The molecular formula is C16H25N3. The van der Waals surface area contributed by atoms with E-state index in [1.807, 2.05) is 0 Å². The fourth-order valence-electron chi connectivity index (χ4n) is 3.47. The molecule has 0 N–H and O–H groups in total. The average molecular weight is 259 g/mol. The van der Waals surface area contributed by atoms with Gasteiger partial charge in [-0.2, -0.15) is 0 Å². The Morgan fingerprint density at radius 2 is 1.89 bits per heavy atom.